The molecule has 1 aromatic rings. The van der Waals surface area contributed by atoms with Crippen molar-refractivity contribution in [3.63, 3.8) is 0 Å². The molecule has 0 bridgehead atoms. The van der Waals surface area contributed by atoms with Gasteiger partial charge in [-0.2, -0.15) is 0 Å². The van der Waals surface area contributed by atoms with Gasteiger partial charge in [-0.05, 0) is 18.6 Å². The van der Waals surface area contributed by atoms with Crippen molar-refractivity contribution >= 4 is 23.6 Å². The van der Waals surface area contributed by atoms with Gasteiger partial charge in [0.2, 0.25) is 0 Å². The van der Waals surface area contributed by atoms with E-state index in [0.717, 1.165) is 19.0 Å². The van der Waals surface area contributed by atoms with E-state index in [4.69, 9.17) is 14.2 Å². The first-order chi connectivity index (χ1) is 11.8. The molecule has 1 N–H and O–H groups in total. The van der Waals surface area contributed by atoms with E-state index in [1.165, 1.54) is 13.8 Å². The van der Waals surface area contributed by atoms with E-state index in [2.05, 4.69) is 5.32 Å². The topological polar surface area (TPSA) is 90.9 Å². The molecule has 1 aliphatic heterocycles. The molecule has 0 amide bonds. The van der Waals surface area contributed by atoms with Gasteiger partial charge in [-0.15, -0.1) is 0 Å². The maximum Gasteiger partial charge on any atom is 0.350 e. The van der Waals surface area contributed by atoms with Gasteiger partial charge in [0.05, 0.1) is 17.9 Å². The molecule has 1 saturated heterocycles. The summed E-state index contributed by atoms with van der Waals surface area (Å²) in [5, 5.41) is 2.78. The first kappa shape index (κ1) is 18.5. The molecule has 0 unspecified atom stereocenters. The zero-order valence-electron chi connectivity index (χ0n) is 14.5. The molecule has 1 aliphatic rings. The van der Waals surface area contributed by atoms with Crippen molar-refractivity contribution < 1.29 is 28.6 Å². The number of unbranched alkanes of at least 4 members (excludes halogenated alkanes) is 1. The molecule has 0 radical (unpaired) electrons. The molecule has 1 fully saturated rings. The molecule has 7 nitrogen and oxygen atoms in total. The first-order valence-corrected chi connectivity index (χ1v) is 8.03. The number of esters is 3. The third-order valence-electron chi connectivity index (χ3n) is 3.37. The molecular formula is C18H21NO6. The minimum Gasteiger partial charge on any atom is -0.462 e. The molecule has 1 aromatic carbocycles. The number of nitrogens with one attached hydrogen (secondary N) is 1. The van der Waals surface area contributed by atoms with Gasteiger partial charge in [0.25, 0.3) is 5.79 Å². The molecule has 25 heavy (non-hydrogen) atoms. The van der Waals surface area contributed by atoms with Crippen molar-refractivity contribution in [1.29, 1.82) is 0 Å². The quantitative estimate of drug-likeness (QED) is 0.366. The van der Waals surface area contributed by atoms with Gasteiger partial charge in [0, 0.05) is 20.0 Å². The standard InChI is InChI=1S/C18H21NO6/c1-4-5-10-23-15(20)12-8-6-7-9-14(12)19-11-13-16(21)24-18(2,3)25-17(13)22/h6-9,11,19H,4-5,10H2,1-3H3. The highest BCUT2D eigenvalue weighted by Crippen LogP contribution is 2.23. The number of ether oxygens (including phenoxy) is 3. The molecule has 0 aliphatic carbocycles. The lowest BCUT2D eigenvalue weighted by atomic mass is 10.1. The van der Waals surface area contributed by atoms with E-state index in [1.807, 2.05) is 6.92 Å². The van der Waals surface area contributed by atoms with Gasteiger partial charge in [-0.3, -0.25) is 0 Å². The minimum absolute atomic E-state index is 0.284. The van der Waals surface area contributed by atoms with Gasteiger partial charge >= 0.3 is 17.9 Å². The summed E-state index contributed by atoms with van der Waals surface area (Å²) in [6, 6.07) is 6.64. The summed E-state index contributed by atoms with van der Waals surface area (Å²) in [6.07, 6.45) is 2.86. The summed E-state index contributed by atoms with van der Waals surface area (Å²) in [7, 11) is 0. The Kier molecular flexibility index (Phi) is 5.80. The maximum absolute atomic E-state index is 12.1. The first-order valence-electron chi connectivity index (χ1n) is 8.03. The smallest absolute Gasteiger partial charge is 0.350 e. The maximum atomic E-state index is 12.1. The summed E-state index contributed by atoms with van der Waals surface area (Å²) in [5.41, 5.74) is 0.420. The molecule has 7 heteroatoms. The SMILES string of the molecule is CCCCOC(=O)c1ccccc1NC=C1C(=O)OC(C)(C)OC1=O. The van der Waals surface area contributed by atoms with Gasteiger partial charge in [-0.25, -0.2) is 14.4 Å². The van der Waals surface area contributed by atoms with Gasteiger partial charge in [0.1, 0.15) is 0 Å². The second kappa shape index (κ2) is 7.83. The van der Waals surface area contributed by atoms with Gasteiger partial charge in [0.15, 0.2) is 5.57 Å². The Balaban J connectivity index is 2.14. The van der Waals surface area contributed by atoms with E-state index in [1.54, 1.807) is 24.3 Å². The van der Waals surface area contributed by atoms with Crippen molar-refractivity contribution in [2.75, 3.05) is 11.9 Å². The molecule has 1 heterocycles. The summed E-state index contributed by atoms with van der Waals surface area (Å²) >= 11 is 0. The number of carbonyl (C=O) groups is 3. The van der Waals surface area contributed by atoms with Crippen LogP contribution in [0.3, 0.4) is 0 Å². The fraction of sp³-hybridized carbons (Fsp3) is 0.389. The number of cyclic esters (lactones) is 2. The number of hydrogen-bond acceptors (Lipinski definition) is 7. The summed E-state index contributed by atoms with van der Waals surface area (Å²) < 4.78 is 15.2. The number of benzene rings is 1. The monoisotopic (exact) mass is 347 g/mol. The Morgan fingerprint density at radius 2 is 1.84 bits per heavy atom. The van der Waals surface area contributed by atoms with Crippen LogP contribution in [0.1, 0.15) is 44.0 Å². The van der Waals surface area contributed by atoms with E-state index in [0.29, 0.717) is 17.9 Å². The highest BCUT2D eigenvalue weighted by molar-refractivity contribution is 6.15. The number of hydrogen-bond donors (Lipinski definition) is 1. The van der Waals surface area contributed by atoms with E-state index >= 15 is 0 Å². The Morgan fingerprint density at radius 1 is 1.20 bits per heavy atom. The zero-order valence-corrected chi connectivity index (χ0v) is 14.5. The zero-order chi connectivity index (χ0) is 18.4. The third-order valence-corrected chi connectivity index (χ3v) is 3.37. The third kappa shape index (κ3) is 4.82. The van der Waals surface area contributed by atoms with Crippen LogP contribution in [0.2, 0.25) is 0 Å². The van der Waals surface area contributed by atoms with E-state index in [-0.39, 0.29) is 5.57 Å². The van der Waals surface area contributed by atoms with Crippen LogP contribution in [0.5, 0.6) is 0 Å². The molecule has 0 atom stereocenters. The average Bonchev–Trinajstić information content (AvgIpc) is 2.53. The Hall–Kier alpha value is -2.83. The second-order valence-electron chi connectivity index (χ2n) is 5.92. The Morgan fingerprint density at radius 3 is 2.48 bits per heavy atom. The average molecular weight is 347 g/mol. The van der Waals surface area contributed by atoms with Crippen LogP contribution >= 0.6 is 0 Å². The number of anilines is 1. The van der Waals surface area contributed by atoms with Crippen molar-refractivity contribution in [3.8, 4) is 0 Å². The van der Waals surface area contributed by atoms with E-state index in [9.17, 15) is 14.4 Å². The molecule has 2 rings (SSSR count). The molecule has 0 aromatic heterocycles. The van der Waals surface area contributed by atoms with Crippen LogP contribution in [0.4, 0.5) is 5.69 Å². The van der Waals surface area contributed by atoms with Crippen molar-refractivity contribution in [1.82, 2.24) is 0 Å². The summed E-state index contributed by atoms with van der Waals surface area (Å²) in [5.74, 6) is -3.37. The van der Waals surface area contributed by atoms with Gasteiger partial charge < -0.3 is 19.5 Å². The lowest BCUT2D eigenvalue weighted by molar-refractivity contribution is -0.222. The highest BCUT2D eigenvalue weighted by atomic mass is 16.7. The number of carbonyl (C=O) groups excluding carboxylic acids is 3. The lowest BCUT2D eigenvalue weighted by Gasteiger charge is -2.29. The number of para-hydroxylation sites is 1. The van der Waals surface area contributed by atoms with Crippen molar-refractivity contribution in [3.05, 3.63) is 41.6 Å². The van der Waals surface area contributed by atoms with Crippen LogP contribution in [0.15, 0.2) is 36.0 Å². The molecule has 134 valence electrons. The Bertz CT molecular complexity index is 685. The Labute approximate surface area is 145 Å². The minimum atomic E-state index is -1.30. The predicted molar refractivity (Wildman–Crippen MR) is 89.6 cm³/mol. The highest BCUT2D eigenvalue weighted by Gasteiger charge is 2.39. The van der Waals surface area contributed by atoms with Crippen LogP contribution in [-0.2, 0) is 23.8 Å². The summed E-state index contributed by atoms with van der Waals surface area (Å²) in [6.45, 7) is 5.26. The van der Waals surface area contributed by atoms with Gasteiger partial charge in [-0.1, -0.05) is 25.5 Å². The molecule has 0 saturated carbocycles. The lowest BCUT2D eigenvalue weighted by Crippen LogP contribution is -2.42. The molecule has 0 spiro atoms. The molecular weight excluding hydrogens is 326 g/mol. The van der Waals surface area contributed by atoms with Crippen LogP contribution in [-0.4, -0.2) is 30.3 Å². The van der Waals surface area contributed by atoms with Crippen LogP contribution in [0.25, 0.3) is 0 Å². The van der Waals surface area contributed by atoms with E-state index < -0.39 is 23.7 Å². The largest absolute Gasteiger partial charge is 0.462 e. The number of rotatable bonds is 6. The van der Waals surface area contributed by atoms with Crippen LogP contribution in [0, 0.1) is 0 Å². The second-order valence-corrected chi connectivity index (χ2v) is 5.92. The van der Waals surface area contributed by atoms with Crippen molar-refractivity contribution in [2.24, 2.45) is 0 Å². The predicted octanol–water partition coefficient (Wildman–Crippen LogP) is 2.78. The normalized spacial score (nSPS) is 15.9. The van der Waals surface area contributed by atoms with Crippen LogP contribution < -0.4 is 5.32 Å². The fourth-order valence-electron chi connectivity index (χ4n) is 2.10. The van der Waals surface area contributed by atoms with Crippen molar-refractivity contribution in [2.45, 2.75) is 39.4 Å². The summed E-state index contributed by atoms with van der Waals surface area (Å²) in [4.78, 5) is 36.0. The fourth-order valence-corrected chi connectivity index (χ4v) is 2.10.